The highest BCUT2D eigenvalue weighted by Crippen LogP contribution is 2.20. The van der Waals surface area contributed by atoms with E-state index in [9.17, 15) is 4.79 Å². The lowest BCUT2D eigenvalue weighted by Crippen LogP contribution is -2.05. The van der Waals surface area contributed by atoms with E-state index in [0.29, 0.717) is 11.3 Å². The van der Waals surface area contributed by atoms with Crippen molar-refractivity contribution in [1.82, 2.24) is 5.16 Å². The smallest absolute Gasteiger partial charge is 0.358 e. The van der Waals surface area contributed by atoms with E-state index in [4.69, 9.17) is 14.4 Å². The second-order valence-corrected chi connectivity index (χ2v) is 3.93. The number of ether oxygens (including phenoxy) is 1. The van der Waals surface area contributed by atoms with Gasteiger partial charge in [0.05, 0.1) is 5.56 Å². The molecule has 0 amide bonds. The van der Waals surface area contributed by atoms with Crippen LogP contribution in [0.25, 0.3) is 0 Å². The molecule has 5 heteroatoms. The third-order valence-corrected chi connectivity index (χ3v) is 2.65. The maximum Gasteiger partial charge on any atom is 0.358 e. The number of carboxylic acid groups (broad SMARTS) is 1. The summed E-state index contributed by atoms with van der Waals surface area (Å²) >= 11 is 0. The molecule has 0 spiro atoms. The first-order valence-electron chi connectivity index (χ1n) is 5.46. The molecule has 0 aliphatic carbocycles. The average molecular weight is 247 g/mol. The van der Waals surface area contributed by atoms with Crippen LogP contribution in [0.1, 0.15) is 27.4 Å². The summed E-state index contributed by atoms with van der Waals surface area (Å²) in [5.41, 5.74) is 1.36. The molecule has 94 valence electrons. The monoisotopic (exact) mass is 247 g/mol. The molecule has 1 heterocycles. The number of para-hydroxylation sites is 1. The SMILES string of the molecule is Cc1ccccc1OCc1c(C(=O)O)noc1C. The highest BCUT2D eigenvalue weighted by Gasteiger charge is 2.19. The molecule has 1 N–H and O–H groups in total. The zero-order valence-corrected chi connectivity index (χ0v) is 10.1. The summed E-state index contributed by atoms with van der Waals surface area (Å²) < 4.78 is 10.5. The molecule has 2 rings (SSSR count). The Hall–Kier alpha value is -2.30. The maximum absolute atomic E-state index is 10.9. The number of benzene rings is 1. The normalized spacial score (nSPS) is 10.3. The van der Waals surface area contributed by atoms with Gasteiger partial charge in [0.1, 0.15) is 18.1 Å². The van der Waals surface area contributed by atoms with Crippen LogP contribution in [-0.2, 0) is 6.61 Å². The van der Waals surface area contributed by atoms with Crippen molar-refractivity contribution in [1.29, 1.82) is 0 Å². The van der Waals surface area contributed by atoms with Crippen LogP contribution in [0.4, 0.5) is 0 Å². The number of aryl methyl sites for hydroxylation is 2. The van der Waals surface area contributed by atoms with Crippen LogP contribution in [0.3, 0.4) is 0 Å². The molecule has 0 unspecified atom stereocenters. The minimum Gasteiger partial charge on any atom is -0.488 e. The largest absolute Gasteiger partial charge is 0.488 e. The predicted molar refractivity (Wildman–Crippen MR) is 63.7 cm³/mol. The third-order valence-electron chi connectivity index (χ3n) is 2.65. The Labute approximate surface area is 104 Å². The van der Waals surface area contributed by atoms with Crippen molar-refractivity contribution in [2.45, 2.75) is 20.5 Å². The van der Waals surface area contributed by atoms with Crippen LogP contribution in [-0.4, -0.2) is 16.2 Å². The molecule has 0 atom stereocenters. The Kier molecular flexibility index (Phi) is 3.32. The number of carbonyl (C=O) groups is 1. The fraction of sp³-hybridized carbons (Fsp3) is 0.231. The summed E-state index contributed by atoms with van der Waals surface area (Å²) in [6, 6.07) is 7.53. The topological polar surface area (TPSA) is 72.6 Å². The highest BCUT2D eigenvalue weighted by atomic mass is 16.5. The molecule has 5 nitrogen and oxygen atoms in total. The van der Waals surface area contributed by atoms with Crippen molar-refractivity contribution >= 4 is 5.97 Å². The lowest BCUT2D eigenvalue weighted by molar-refractivity contribution is 0.0683. The molecule has 1 aromatic carbocycles. The van der Waals surface area contributed by atoms with Gasteiger partial charge in [-0.15, -0.1) is 0 Å². The van der Waals surface area contributed by atoms with Crippen LogP contribution in [0.15, 0.2) is 28.8 Å². The number of aromatic carboxylic acids is 1. The Morgan fingerprint density at radius 3 is 2.78 bits per heavy atom. The summed E-state index contributed by atoms with van der Waals surface area (Å²) in [6.07, 6.45) is 0. The van der Waals surface area contributed by atoms with Gasteiger partial charge in [-0.3, -0.25) is 0 Å². The van der Waals surface area contributed by atoms with Crippen molar-refractivity contribution < 1.29 is 19.2 Å². The minimum absolute atomic E-state index is 0.0962. The molecule has 0 bridgehead atoms. The zero-order valence-electron chi connectivity index (χ0n) is 10.1. The van der Waals surface area contributed by atoms with Gasteiger partial charge in [0, 0.05) is 0 Å². The van der Waals surface area contributed by atoms with Crippen LogP contribution < -0.4 is 4.74 Å². The highest BCUT2D eigenvalue weighted by molar-refractivity contribution is 5.87. The van der Waals surface area contributed by atoms with E-state index in [0.717, 1.165) is 11.3 Å². The lowest BCUT2D eigenvalue weighted by Gasteiger charge is -2.08. The van der Waals surface area contributed by atoms with Gasteiger partial charge < -0.3 is 14.4 Å². The number of carboxylic acids is 1. The van der Waals surface area contributed by atoms with Crippen molar-refractivity contribution in [2.75, 3.05) is 0 Å². The molecule has 0 aliphatic rings. The van der Waals surface area contributed by atoms with Crippen molar-refractivity contribution in [3.05, 3.63) is 46.8 Å². The number of hydrogen-bond donors (Lipinski definition) is 1. The van der Waals surface area contributed by atoms with Gasteiger partial charge in [0.2, 0.25) is 0 Å². The molecule has 0 saturated heterocycles. The van der Waals surface area contributed by atoms with E-state index in [1.54, 1.807) is 6.92 Å². The van der Waals surface area contributed by atoms with Crippen molar-refractivity contribution in [3.8, 4) is 5.75 Å². The first-order valence-corrected chi connectivity index (χ1v) is 5.46. The molecular weight excluding hydrogens is 234 g/mol. The minimum atomic E-state index is -1.12. The molecule has 0 fully saturated rings. The Bertz CT molecular complexity index is 574. The second kappa shape index (κ2) is 4.91. The quantitative estimate of drug-likeness (QED) is 0.898. The number of nitrogens with zero attached hydrogens (tertiary/aromatic N) is 1. The van der Waals surface area contributed by atoms with Gasteiger partial charge in [-0.05, 0) is 25.5 Å². The molecule has 0 saturated carbocycles. The van der Waals surface area contributed by atoms with E-state index >= 15 is 0 Å². The van der Waals surface area contributed by atoms with Crippen LogP contribution in [0.5, 0.6) is 5.75 Å². The van der Waals surface area contributed by atoms with Gasteiger partial charge >= 0.3 is 5.97 Å². The fourth-order valence-corrected chi connectivity index (χ4v) is 1.60. The zero-order chi connectivity index (χ0) is 13.1. The molecule has 18 heavy (non-hydrogen) atoms. The first-order chi connectivity index (χ1) is 8.59. The van der Waals surface area contributed by atoms with Gasteiger partial charge in [-0.25, -0.2) is 4.79 Å². The van der Waals surface area contributed by atoms with Gasteiger partial charge in [0.15, 0.2) is 5.69 Å². The Balaban J connectivity index is 2.18. The third kappa shape index (κ3) is 2.34. The van der Waals surface area contributed by atoms with Crippen LogP contribution in [0.2, 0.25) is 0 Å². The fourth-order valence-electron chi connectivity index (χ4n) is 1.60. The molecule has 1 aromatic heterocycles. The van der Waals surface area contributed by atoms with E-state index in [1.807, 2.05) is 31.2 Å². The van der Waals surface area contributed by atoms with Crippen molar-refractivity contribution in [2.24, 2.45) is 0 Å². The maximum atomic E-state index is 10.9. The summed E-state index contributed by atoms with van der Waals surface area (Å²) in [6.45, 7) is 3.71. The Morgan fingerprint density at radius 1 is 1.39 bits per heavy atom. The summed E-state index contributed by atoms with van der Waals surface area (Å²) in [5.74, 6) is 0.0608. The number of rotatable bonds is 4. The van der Waals surface area contributed by atoms with E-state index in [2.05, 4.69) is 5.16 Å². The van der Waals surface area contributed by atoms with E-state index in [1.165, 1.54) is 0 Å². The average Bonchev–Trinajstić information content (AvgIpc) is 2.70. The van der Waals surface area contributed by atoms with E-state index in [-0.39, 0.29) is 12.3 Å². The van der Waals surface area contributed by atoms with Crippen LogP contribution >= 0.6 is 0 Å². The molecule has 0 aliphatic heterocycles. The summed E-state index contributed by atoms with van der Waals surface area (Å²) in [4.78, 5) is 10.9. The summed E-state index contributed by atoms with van der Waals surface area (Å²) in [7, 11) is 0. The van der Waals surface area contributed by atoms with Crippen molar-refractivity contribution in [3.63, 3.8) is 0 Å². The molecule has 2 aromatic rings. The van der Waals surface area contributed by atoms with Gasteiger partial charge in [-0.2, -0.15) is 0 Å². The molecule has 0 radical (unpaired) electrons. The second-order valence-electron chi connectivity index (χ2n) is 3.93. The predicted octanol–water partition coefficient (Wildman–Crippen LogP) is 2.57. The summed E-state index contributed by atoms with van der Waals surface area (Å²) in [5, 5.41) is 12.4. The van der Waals surface area contributed by atoms with Gasteiger partial charge in [-0.1, -0.05) is 23.4 Å². The van der Waals surface area contributed by atoms with E-state index < -0.39 is 5.97 Å². The Morgan fingerprint density at radius 2 is 2.11 bits per heavy atom. The lowest BCUT2D eigenvalue weighted by atomic mass is 10.2. The van der Waals surface area contributed by atoms with Gasteiger partial charge in [0.25, 0.3) is 0 Å². The number of aromatic nitrogens is 1. The van der Waals surface area contributed by atoms with Crippen LogP contribution in [0, 0.1) is 13.8 Å². The number of hydrogen-bond acceptors (Lipinski definition) is 4. The molecular formula is C13H13NO4. The standard InChI is InChI=1S/C13H13NO4/c1-8-5-3-4-6-11(8)17-7-10-9(2)18-14-12(10)13(15)16/h3-6H,7H2,1-2H3,(H,15,16). The first kappa shape index (κ1) is 12.2.